The van der Waals surface area contributed by atoms with Gasteiger partial charge in [-0.15, -0.1) is 0 Å². The molecule has 0 radical (unpaired) electrons. The topological polar surface area (TPSA) is 41.0 Å². The predicted octanol–water partition coefficient (Wildman–Crippen LogP) is 1.23. The first-order chi connectivity index (χ1) is 7.67. The van der Waals surface area contributed by atoms with E-state index in [9.17, 15) is 0 Å². The van der Waals surface area contributed by atoms with Crippen LogP contribution in [0.2, 0.25) is 5.15 Å². The van der Waals surface area contributed by atoms with Crippen LogP contribution in [0.15, 0.2) is 6.07 Å². The Morgan fingerprint density at radius 3 is 3.00 bits per heavy atom. The summed E-state index contributed by atoms with van der Waals surface area (Å²) in [7, 11) is 2.01. The molecule has 0 amide bonds. The van der Waals surface area contributed by atoms with Gasteiger partial charge in [0.05, 0.1) is 6.54 Å². The molecule has 0 aliphatic carbocycles. The predicted molar refractivity (Wildman–Crippen MR) is 64.5 cm³/mol. The number of nitrogens with one attached hydrogen (secondary N) is 1. The average Bonchev–Trinajstić information content (AvgIpc) is 2.64. The molecule has 1 atom stereocenters. The normalized spacial score (nSPS) is 21.6. The Kier molecular flexibility index (Phi) is 3.74. The summed E-state index contributed by atoms with van der Waals surface area (Å²) in [4.78, 5) is 11.0. The van der Waals surface area contributed by atoms with E-state index in [1.165, 1.54) is 6.42 Å². The van der Waals surface area contributed by atoms with Crippen LogP contribution in [0, 0.1) is 6.92 Å². The number of halogens is 1. The van der Waals surface area contributed by atoms with Gasteiger partial charge in [-0.2, -0.15) is 0 Å². The number of aryl methyl sites for hydroxylation is 1. The second-order valence-electron chi connectivity index (χ2n) is 4.26. The van der Waals surface area contributed by atoms with E-state index < -0.39 is 0 Å². The van der Waals surface area contributed by atoms with Crippen molar-refractivity contribution in [1.29, 1.82) is 0 Å². The van der Waals surface area contributed by atoms with E-state index >= 15 is 0 Å². The van der Waals surface area contributed by atoms with Crippen LogP contribution in [0.25, 0.3) is 0 Å². The Balaban J connectivity index is 1.99. The molecule has 1 aromatic rings. The van der Waals surface area contributed by atoms with Gasteiger partial charge in [0.25, 0.3) is 0 Å². The first kappa shape index (κ1) is 11.8. The molecule has 88 valence electrons. The SMILES string of the molecule is CNC1CCN(Cc2nc(C)cc(Cl)n2)C1. The van der Waals surface area contributed by atoms with Gasteiger partial charge in [-0.3, -0.25) is 4.90 Å². The van der Waals surface area contributed by atoms with Gasteiger partial charge in [0, 0.05) is 24.8 Å². The fourth-order valence-electron chi connectivity index (χ4n) is 2.07. The number of rotatable bonds is 3. The quantitative estimate of drug-likeness (QED) is 0.807. The Labute approximate surface area is 101 Å². The number of nitrogens with zero attached hydrogens (tertiary/aromatic N) is 3. The van der Waals surface area contributed by atoms with Gasteiger partial charge in [-0.1, -0.05) is 11.6 Å². The molecule has 5 heteroatoms. The summed E-state index contributed by atoms with van der Waals surface area (Å²) in [5.41, 5.74) is 0.930. The van der Waals surface area contributed by atoms with E-state index in [0.29, 0.717) is 11.2 Å². The van der Waals surface area contributed by atoms with Gasteiger partial charge in [0.1, 0.15) is 11.0 Å². The zero-order chi connectivity index (χ0) is 11.5. The first-order valence-corrected chi connectivity index (χ1v) is 5.95. The summed E-state index contributed by atoms with van der Waals surface area (Å²) in [5, 5.41) is 3.83. The molecule has 2 heterocycles. The molecular weight excluding hydrogens is 224 g/mol. The van der Waals surface area contributed by atoms with Crippen molar-refractivity contribution >= 4 is 11.6 Å². The molecule has 0 spiro atoms. The first-order valence-electron chi connectivity index (χ1n) is 5.57. The largest absolute Gasteiger partial charge is 0.316 e. The minimum atomic E-state index is 0.534. The summed E-state index contributed by atoms with van der Waals surface area (Å²) in [5.74, 6) is 0.821. The summed E-state index contributed by atoms with van der Waals surface area (Å²) in [6.07, 6.45) is 1.19. The molecule has 4 nitrogen and oxygen atoms in total. The molecule has 2 rings (SSSR count). The van der Waals surface area contributed by atoms with Crippen LogP contribution in [0.1, 0.15) is 17.9 Å². The third-order valence-electron chi connectivity index (χ3n) is 2.91. The highest BCUT2D eigenvalue weighted by atomic mass is 35.5. The summed E-state index contributed by atoms with van der Waals surface area (Å²) in [6.45, 7) is 4.89. The lowest BCUT2D eigenvalue weighted by Crippen LogP contribution is -2.29. The number of aromatic nitrogens is 2. The number of hydrogen-bond acceptors (Lipinski definition) is 4. The molecule has 1 aliphatic rings. The van der Waals surface area contributed by atoms with Crippen molar-refractivity contribution < 1.29 is 0 Å². The van der Waals surface area contributed by atoms with Gasteiger partial charge < -0.3 is 5.32 Å². The lowest BCUT2D eigenvalue weighted by atomic mass is 10.3. The van der Waals surface area contributed by atoms with Gasteiger partial charge in [0.2, 0.25) is 0 Å². The molecule has 16 heavy (non-hydrogen) atoms. The van der Waals surface area contributed by atoms with Crippen LogP contribution in [0.5, 0.6) is 0 Å². The van der Waals surface area contributed by atoms with E-state index in [1.54, 1.807) is 6.07 Å². The molecule has 1 aromatic heterocycles. The van der Waals surface area contributed by atoms with E-state index in [4.69, 9.17) is 11.6 Å². The summed E-state index contributed by atoms with van der Waals surface area (Å²) < 4.78 is 0. The molecule has 1 unspecified atom stereocenters. The smallest absolute Gasteiger partial charge is 0.144 e. The minimum Gasteiger partial charge on any atom is -0.316 e. The van der Waals surface area contributed by atoms with Crippen molar-refractivity contribution in [3.8, 4) is 0 Å². The molecule has 0 bridgehead atoms. The molecule has 1 aliphatic heterocycles. The maximum Gasteiger partial charge on any atom is 0.144 e. The van der Waals surface area contributed by atoms with Crippen molar-refractivity contribution in [2.75, 3.05) is 20.1 Å². The average molecular weight is 241 g/mol. The van der Waals surface area contributed by atoms with Gasteiger partial charge in [-0.25, -0.2) is 9.97 Å². The Bertz CT molecular complexity index is 349. The van der Waals surface area contributed by atoms with Crippen molar-refractivity contribution in [3.63, 3.8) is 0 Å². The van der Waals surface area contributed by atoms with Gasteiger partial charge >= 0.3 is 0 Å². The van der Waals surface area contributed by atoms with Crippen molar-refractivity contribution in [2.45, 2.75) is 25.9 Å². The fraction of sp³-hybridized carbons (Fsp3) is 0.636. The molecular formula is C11H17ClN4. The maximum atomic E-state index is 5.91. The van der Waals surface area contributed by atoms with Gasteiger partial charge in [-0.05, 0) is 26.5 Å². The maximum absolute atomic E-state index is 5.91. The second kappa shape index (κ2) is 5.08. The van der Waals surface area contributed by atoms with E-state index in [-0.39, 0.29) is 0 Å². The van der Waals surface area contributed by atoms with Crippen LogP contribution in [0.4, 0.5) is 0 Å². The van der Waals surface area contributed by atoms with Crippen LogP contribution < -0.4 is 5.32 Å². The minimum absolute atomic E-state index is 0.534. The van der Waals surface area contributed by atoms with Crippen LogP contribution in [-0.4, -0.2) is 41.0 Å². The molecule has 0 saturated carbocycles. The zero-order valence-corrected chi connectivity index (χ0v) is 10.5. The van der Waals surface area contributed by atoms with Crippen molar-refractivity contribution in [3.05, 3.63) is 22.7 Å². The lowest BCUT2D eigenvalue weighted by molar-refractivity contribution is 0.313. The summed E-state index contributed by atoms with van der Waals surface area (Å²) >= 11 is 5.91. The van der Waals surface area contributed by atoms with Crippen molar-refractivity contribution in [2.24, 2.45) is 0 Å². The highest BCUT2D eigenvalue weighted by Gasteiger charge is 2.21. The Morgan fingerprint density at radius 2 is 2.38 bits per heavy atom. The van der Waals surface area contributed by atoms with Crippen molar-refractivity contribution in [1.82, 2.24) is 20.2 Å². The van der Waals surface area contributed by atoms with E-state index in [2.05, 4.69) is 20.2 Å². The zero-order valence-electron chi connectivity index (χ0n) is 9.70. The van der Waals surface area contributed by atoms with E-state index in [0.717, 1.165) is 31.2 Å². The number of likely N-dealkylation sites (tertiary alicyclic amines) is 1. The summed E-state index contributed by atoms with van der Waals surface area (Å²) in [6, 6.07) is 2.38. The van der Waals surface area contributed by atoms with E-state index in [1.807, 2.05) is 14.0 Å². The van der Waals surface area contributed by atoms with Crippen LogP contribution in [0.3, 0.4) is 0 Å². The van der Waals surface area contributed by atoms with Crippen LogP contribution >= 0.6 is 11.6 Å². The molecule has 0 aromatic carbocycles. The molecule has 1 saturated heterocycles. The third kappa shape index (κ3) is 2.90. The molecule has 1 fully saturated rings. The standard InChI is InChI=1S/C11H17ClN4/c1-8-5-10(12)15-11(14-8)7-16-4-3-9(6-16)13-2/h5,9,13H,3-4,6-7H2,1-2H3. The lowest BCUT2D eigenvalue weighted by Gasteiger charge is -2.14. The Morgan fingerprint density at radius 1 is 1.56 bits per heavy atom. The monoisotopic (exact) mass is 240 g/mol. The highest BCUT2D eigenvalue weighted by molar-refractivity contribution is 6.29. The van der Waals surface area contributed by atoms with Gasteiger partial charge in [0.15, 0.2) is 0 Å². The highest BCUT2D eigenvalue weighted by Crippen LogP contribution is 2.13. The second-order valence-corrected chi connectivity index (χ2v) is 4.64. The Hall–Kier alpha value is -0.710. The third-order valence-corrected chi connectivity index (χ3v) is 3.11. The number of hydrogen-bond donors (Lipinski definition) is 1. The number of likely N-dealkylation sites (N-methyl/N-ethyl adjacent to an activating group) is 1. The van der Waals surface area contributed by atoms with Crippen LogP contribution in [-0.2, 0) is 6.54 Å². The molecule has 1 N–H and O–H groups in total. The fourth-order valence-corrected chi connectivity index (χ4v) is 2.33.